The Kier molecular flexibility index (Phi) is 7.26. The van der Waals surface area contributed by atoms with Crippen molar-refractivity contribution >= 4 is 12.4 Å². The molecule has 3 rings (SSSR count). The number of hydrogen-bond donors (Lipinski definition) is 0. The molecule has 0 saturated heterocycles. The zero-order valence-corrected chi connectivity index (χ0v) is 16.5. The van der Waals surface area contributed by atoms with E-state index in [0.717, 1.165) is 31.2 Å². The minimum absolute atomic E-state index is 0.141. The van der Waals surface area contributed by atoms with Crippen molar-refractivity contribution in [1.82, 2.24) is 0 Å². The number of carbonyl (C=O) groups excluding carboxylic acids is 1. The molecule has 0 N–H and O–H groups in total. The lowest BCUT2D eigenvalue weighted by Crippen LogP contribution is -2.12. The largest absolute Gasteiger partial charge is 0.377 e. The van der Waals surface area contributed by atoms with Gasteiger partial charge in [-0.15, -0.1) is 0 Å². The highest BCUT2D eigenvalue weighted by Gasteiger charge is 2.22. The number of ether oxygens (including phenoxy) is 1. The highest BCUT2D eigenvalue weighted by atomic mass is 19.2. The quantitative estimate of drug-likeness (QED) is 0.498. The summed E-state index contributed by atoms with van der Waals surface area (Å²) in [6.07, 6.45) is 7.43. The average Bonchev–Trinajstić information content (AvgIpc) is 2.74. The van der Waals surface area contributed by atoms with Crippen LogP contribution in [0.15, 0.2) is 36.4 Å². The summed E-state index contributed by atoms with van der Waals surface area (Å²) < 4.78 is 47.3. The van der Waals surface area contributed by atoms with E-state index in [0.29, 0.717) is 24.4 Å². The van der Waals surface area contributed by atoms with Gasteiger partial charge in [-0.1, -0.05) is 30.4 Å². The summed E-state index contributed by atoms with van der Waals surface area (Å²) in [6.45, 7) is 2.71. The molecule has 0 unspecified atom stereocenters. The van der Waals surface area contributed by atoms with Crippen LogP contribution < -0.4 is 0 Å². The average molecular weight is 402 g/mol. The van der Waals surface area contributed by atoms with Crippen LogP contribution in [-0.2, 0) is 11.3 Å². The third kappa shape index (κ3) is 5.15. The Morgan fingerprint density at radius 1 is 1.00 bits per heavy atom. The molecule has 154 valence electrons. The zero-order chi connectivity index (χ0) is 20.8. The lowest BCUT2D eigenvalue weighted by Gasteiger charge is -2.27. The Morgan fingerprint density at radius 3 is 2.34 bits per heavy atom. The molecule has 2 nitrogen and oxygen atoms in total. The van der Waals surface area contributed by atoms with Gasteiger partial charge in [0.1, 0.15) is 5.82 Å². The lowest BCUT2D eigenvalue weighted by molar-refractivity contribution is 0.111. The number of aldehydes is 1. The maximum Gasteiger partial charge on any atom is 0.169 e. The van der Waals surface area contributed by atoms with Gasteiger partial charge in [0.25, 0.3) is 0 Å². The van der Waals surface area contributed by atoms with Crippen LogP contribution in [0, 0.1) is 23.4 Å². The first-order valence-corrected chi connectivity index (χ1v) is 10.0. The van der Waals surface area contributed by atoms with Crippen molar-refractivity contribution in [2.75, 3.05) is 6.61 Å². The van der Waals surface area contributed by atoms with Crippen LogP contribution >= 0.6 is 0 Å². The molecule has 2 aromatic rings. The minimum atomic E-state index is -1.11. The molecule has 0 amide bonds. The summed E-state index contributed by atoms with van der Waals surface area (Å²) in [5.74, 6) is -1.77. The van der Waals surface area contributed by atoms with Crippen LogP contribution in [0.4, 0.5) is 13.2 Å². The summed E-state index contributed by atoms with van der Waals surface area (Å²) in [6, 6.07) is 8.09. The van der Waals surface area contributed by atoms with Crippen LogP contribution in [0.2, 0.25) is 0 Å². The Morgan fingerprint density at radius 2 is 1.69 bits per heavy atom. The minimum Gasteiger partial charge on any atom is -0.377 e. The molecule has 29 heavy (non-hydrogen) atoms. The van der Waals surface area contributed by atoms with Crippen LogP contribution in [0.5, 0.6) is 0 Å². The number of halogens is 3. The molecule has 0 radical (unpaired) electrons. The van der Waals surface area contributed by atoms with Gasteiger partial charge in [-0.05, 0) is 62.1 Å². The molecule has 1 saturated carbocycles. The van der Waals surface area contributed by atoms with Crippen molar-refractivity contribution in [3.63, 3.8) is 0 Å². The van der Waals surface area contributed by atoms with Gasteiger partial charge in [0.2, 0.25) is 0 Å². The lowest BCUT2D eigenvalue weighted by atomic mass is 9.78. The normalized spacial score (nSPS) is 19.6. The van der Waals surface area contributed by atoms with Crippen LogP contribution in [-0.4, -0.2) is 12.9 Å². The predicted molar refractivity (Wildman–Crippen MR) is 107 cm³/mol. The van der Waals surface area contributed by atoms with Crippen molar-refractivity contribution in [2.24, 2.45) is 5.92 Å². The second kappa shape index (κ2) is 9.88. The smallest absolute Gasteiger partial charge is 0.169 e. The van der Waals surface area contributed by atoms with Gasteiger partial charge in [-0.2, -0.15) is 0 Å². The Labute approximate surface area is 169 Å². The van der Waals surface area contributed by atoms with Gasteiger partial charge < -0.3 is 4.74 Å². The second-order valence-electron chi connectivity index (χ2n) is 7.45. The summed E-state index contributed by atoms with van der Waals surface area (Å²) in [5, 5.41) is 0. The fourth-order valence-electron chi connectivity index (χ4n) is 3.83. The molecular weight excluding hydrogens is 377 g/mol. The Hall–Kier alpha value is -2.40. The summed E-state index contributed by atoms with van der Waals surface area (Å²) in [7, 11) is 0. The summed E-state index contributed by atoms with van der Waals surface area (Å²) >= 11 is 0. The Bertz CT molecular complexity index is 884. The number of benzene rings is 2. The van der Waals surface area contributed by atoms with Gasteiger partial charge in [-0.25, -0.2) is 13.2 Å². The van der Waals surface area contributed by atoms with Gasteiger partial charge >= 0.3 is 0 Å². The number of hydrogen-bond acceptors (Lipinski definition) is 2. The van der Waals surface area contributed by atoms with Gasteiger partial charge in [-0.3, -0.25) is 4.79 Å². The third-order valence-electron chi connectivity index (χ3n) is 5.60. The predicted octanol–water partition coefficient (Wildman–Crippen LogP) is 6.44. The molecule has 0 spiro atoms. The highest BCUT2D eigenvalue weighted by molar-refractivity contribution is 5.76. The molecule has 0 bridgehead atoms. The van der Waals surface area contributed by atoms with E-state index in [1.807, 2.05) is 19.1 Å². The van der Waals surface area contributed by atoms with Crippen LogP contribution in [0.25, 0.3) is 6.08 Å². The molecule has 1 fully saturated rings. The number of carbonyl (C=O) groups is 1. The molecule has 2 aromatic carbocycles. The van der Waals surface area contributed by atoms with Crippen LogP contribution in [0.1, 0.15) is 65.6 Å². The van der Waals surface area contributed by atoms with Gasteiger partial charge in [0, 0.05) is 17.7 Å². The molecule has 1 aliphatic carbocycles. The van der Waals surface area contributed by atoms with E-state index in [2.05, 4.69) is 0 Å². The topological polar surface area (TPSA) is 26.3 Å². The molecule has 5 heteroatoms. The number of rotatable bonds is 7. The van der Waals surface area contributed by atoms with Crippen molar-refractivity contribution in [3.8, 4) is 0 Å². The van der Waals surface area contributed by atoms with Gasteiger partial charge in [0.05, 0.1) is 12.2 Å². The standard InChI is InChI=1S/C24H25F3O2/c1-2-29-15-21-12-10-19(13-22(21)25)17-6-3-16(4-7-17)5-8-18-9-11-20(14-28)24(27)23(18)26/h5,8-14,16-17H,2-4,6-7,15H2,1H3/b8-5+. The van der Waals surface area contributed by atoms with Crippen molar-refractivity contribution in [2.45, 2.75) is 45.1 Å². The highest BCUT2D eigenvalue weighted by Crippen LogP contribution is 2.37. The molecule has 1 aliphatic rings. The fourth-order valence-corrected chi connectivity index (χ4v) is 3.83. The first-order valence-electron chi connectivity index (χ1n) is 10.0. The van der Waals surface area contributed by atoms with E-state index in [9.17, 15) is 18.0 Å². The summed E-state index contributed by atoms with van der Waals surface area (Å²) in [4.78, 5) is 10.7. The van der Waals surface area contributed by atoms with Gasteiger partial charge in [0.15, 0.2) is 17.9 Å². The SMILES string of the molecule is CCOCc1ccc(C2CCC(/C=C/c3ccc(C=O)c(F)c3F)CC2)cc1F. The molecule has 0 aromatic heterocycles. The molecule has 0 heterocycles. The van der Waals surface area contributed by atoms with Crippen molar-refractivity contribution < 1.29 is 22.7 Å². The molecular formula is C24H25F3O2. The first-order chi connectivity index (χ1) is 14.0. The van der Waals surface area contributed by atoms with E-state index in [1.54, 1.807) is 18.2 Å². The first kappa shape index (κ1) is 21.3. The molecule has 0 aliphatic heterocycles. The number of allylic oxidation sites excluding steroid dienone is 1. The molecule has 0 atom stereocenters. The second-order valence-corrected chi connectivity index (χ2v) is 7.45. The van der Waals surface area contributed by atoms with E-state index >= 15 is 0 Å². The summed E-state index contributed by atoms with van der Waals surface area (Å²) in [5.41, 5.74) is 1.44. The third-order valence-corrected chi connectivity index (χ3v) is 5.60. The fraction of sp³-hybridized carbons (Fsp3) is 0.375. The van der Waals surface area contributed by atoms with Crippen LogP contribution in [0.3, 0.4) is 0 Å². The van der Waals surface area contributed by atoms with Crippen molar-refractivity contribution in [3.05, 3.63) is 76.1 Å². The van der Waals surface area contributed by atoms with E-state index in [1.165, 1.54) is 12.1 Å². The van der Waals surface area contributed by atoms with Crippen molar-refractivity contribution in [1.29, 1.82) is 0 Å². The Balaban J connectivity index is 1.59. The maximum atomic E-state index is 14.3. The monoisotopic (exact) mass is 402 g/mol. The van der Waals surface area contributed by atoms with E-state index < -0.39 is 11.6 Å². The maximum absolute atomic E-state index is 14.3. The van der Waals surface area contributed by atoms with E-state index in [-0.39, 0.29) is 29.5 Å². The zero-order valence-electron chi connectivity index (χ0n) is 16.5. The van der Waals surface area contributed by atoms with E-state index in [4.69, 9.17) is 4.74 Å².